The minimum atomic E-state index is -0.442. The normalized spacial score (nSPS) is 16.4. The smallest absolute Gasteiger partial charge is 0.270 e. The molecule has 1 aliphatic carbocycles. The highest BCUT2D eigenvalue weighted by atomic mass is 16.3. The van der Waals surface area contributed by atoms with Crippen LogP contribution in [0.5, 0.6) is 0 Å². The molecule has 0 spiro atoms. The summed E-state index contributed by atoms with van der Waals surface area (Å²) in [5.74, 6) is -0.194. The number of hydrogen-bond donors (Lipinski definition) is 2. The summed E-state index contributed by atoms with van der Waals surface area (Å²) in [6, 6.07) is 9.60. The Morgan fingerprint density at radius 1 is 1.35 bits per heavy atom. The molecule has 1 aliphatic rings. The highest BCUT2D eigenvalue weighted by Crippen LogP contribution is 2.31. The number of rotatable bonds is 4. The average molecular weight is 271 g/mol. The number of imidazole rings is 1. The molecular formula is C15H17N3O2. The average Bonchev–Trinajstić information content (AvgIpc) is 2.93. The van der Waals surface area contributed by atoms with Gasteiger partial charge in [-0.25, -0.2) is 4.98 Å². The maximum atomic E-state index is 12.4. The third-order valence-electron chi connectivity index (χ3n) is 3.90. The zero-order chi connectivity index (χ0) is 14.0. The molecule has 1 fully saturated rings. The number of nitrogens with one attached hydrogen (secondary N) is 1. The number of para-hydroxylation sites is 1. The lowest BCUT2D eigenvalue weighted by Gasteiger charge is -2.40. The first-order valence-corrected chi connectivity index (χ1v) is 6.75. The maximum absolute atomic E-state index is 12.4. The highest BCUT2D eigenvalue weighted by molar-refractivity contribution is 5.93. The molecule has 1 heterocycles. The van der Waals surface area contributed by atoms with Crippen LogP contribution in [-0.4, -0.2) is 32.7 Å². The number of aliphatic hydroxyl groups excluding tert-OH is 1. The van der Waals surface area contributed by atoms with E-state index in [0.717, 1.165) is 24.9 Å². The van der Waals surface area contributed by atoms with Crippen molar-refractivity contribution in [3.8, 4) is 5.69 Å². The molecule has 1 saturated carbocycles. The van der Waals surface area contributed by atoms with Crippen LogP contribution >= 0.6 is 0 Å². The van der Waals surface area contributed by atoms with Gasteiger partial charge in [-0.15, -0.1) is 0 Å². The quantitative estimate of drug-likeness (QED) is 0.886. The zero-order valence-electron chi connectivity index (χ0n) is 11.1. The summed E-state index contributed by atoms with van der Waals surface area (Å²) in [6.07, 6.45) is 5.87. The van der Waals surface area contributed by atoms with Crippen molar-refractivity contribution in [1.29, 1.82) is 0 Å². The predicted molar refractivity (Wildman–Crippen MR) is 74.7 cm³/mol. The minimum Gasteiger partial charge on any atom is -0.394 e. The van der Waals surface area contributed by atoms with Gasteiger partial charge in [-0.2, -0.15) is 0 Å². The van der Waals surface area contributed by atoms with Crippen LogP contribution in [0.4, 0.5) is 0 Å². The van der Waals surface area contributed by atoms with Gasteiger partial charge in [0.2, 0.25) is 0 Å². The van der Waals surface area contributed by atoms with E-state index in [1.54, 1.807) is 17.1 Å². The fraction of sp³-hybridized carbons (Fsp3) is 0.333. The Morgan fingerprint density at radius 2 is 2.10 bits per heavy atom. The van der Waals surface area contributed by atoms with Crippen LogP contribution in [0, 0.1) is 0 Å². The molecule has 5 nitrogen and oxygen atoms in total. The Balaban J connectivity index is 1.85. The van der Waals surface area contributed by atoms with Gasteiger partial charge in [-0.05, 0) is 31.4 Å². The molecule has 2 N–H and O–H groups in total. The number of hydrogen-bond acceptors (Lipinski definition) is 3. The molecule has 0 saturated heterocycles. The Morgan fingerprint density at radius 3 is 2.70 bits per heavy atom. The molecule has 1 aromatic heterocycles. The van der Waals surface area contributed by atoms with E-state index in [-0.39, 0.29) is 12.5 Å². The van der Waals surface area contributed by atoms with Crippen LogP contribution in [0.1, 0.15) is 29.8 Å². The second-order valence-electron chi connectivity index (χ2n) is 5.23. The molecule has 3 rings (SSSR count). The van der Waals surface area contributed by atoms with Crippen molar-refractivity contribution in [1.82, 2.24) is 14.9 Å². The molecule has 2 aromatic rings. The Kier molecular flexibility index (Phi) is 3.28. The second-order valence-corrected chi connectivity index (χ2v) is 5.23. The molecule has 0 atom stereocenters. The fourth-order valence-electron chi connectivity index (χ4n) is 2.49. The maximum Gasteiger partial charge on any atom is 0.270 e. The van der Waals surface area contributed by atoms with E-state index < -0.39 is 5.54 Å². The van der Waals surface area contributed by atoms with Crippen molar-refractivity contribution in [2.24, 2.45) is 0 Å². The van der Waals surface area contributed by atoms with Crippen LogP contribution in [0.2, 0.25) is 0 Å². The third-order valence-corrected chi connectivity index (χ3v) is 3.90. The molecule has 0 radical (unpaired) electrons. The molecule has 0 bridgehead atoms. The monoisotopic (exact) mass is 271 g/mol. The first-order chi connectivity index (χ1) is 9.74. The number of carbonyl (C=O) groups excluding carboxylic acids is 1. The summed E-state index contributed by atoms with van der Waals surface area (Å²) in [6.45, 7) is -0.0157. The van der Waals surface area contributed by atoms with Crippen molar-refractivity contribution in [3.05, 3.63) is 48.5 Å². The lowest BCUT2D eigenvalue weighted by atomic mass is 9.77. The number of nitrogens with zero attached hydrogens (tertiary/aromatic N) is 2. The van der Waals surface area contributed by atoms with Gasteiger partial charge in [0.15, 0.2) is 0 Å². The van der Waals surface area contributed by atoms with Crippen LogP contribution in [0.15, 0.2) is 42.9 Å². The minimum absolute atomic E-state index is 0.0157. The molecule has 1 aromatic carbocycles. The molecule has 20 heavy (non-hydrogen) atoms. The summed E-state index contributed by atoms with van der Waals surface area (Å²) in [4.78, 5) is 16.4. The first kappa shape index (κ1) is 12.9. The van der Waals surface area contributed by atoms with E-state index in [4.69, 9.17) is 0 Å². The van der Waals surface area contributed by atoms with E-state index in [9.17, 15) is 9.90 Å². The van der Waals surface area contributed by atoms with E-state index in [1.165, 1.54) is 0 Å². The van der Waals surface area contributed by atoms with Crippen molar-refractivity contribution < 1.29 is 9.90 Å². The van der Waals surface area contributed by atoms with Gasteiger partial charge in [0.25, 0.3) is 5.91 Å². The summed E-state index contributed by atoms with van der Waals surface area (Å²) in [7, 11) is 0. The van der Waals surface area contributed by atoms with Gasteiger partial charge in [0.05, 0.1) is 24.7 Å². The molecule has 0 aliphatic heterocycles. The zero-order valence-corrected chi connectivity index (χ0v) is 11.1. The number of aromatic nitrogens is 2. The lowest BCUT2D eigenvalue weighted by molar-refractivity contribution is 0.0636. The Hall–Kier alpha value is -2.14. The summed E-state index contributed by atoms with van der Waals surface area (Å²) >= 11 is 0. The topological polar surface area (TPSA) is 67.2 Å². The molecule has 104 valence electrons. The Bertz CT molecular complexity index is 597. The van der Waals surface area contributed by atoms with E-state index >= 15 is 0 Å². The van der Waals surface area contributed by atoms with Gasteiger partial charge in [-0.3, -0.25) is 9.36 Å². The first-order valence-electron chi connectivity index (χ1n) is 6.75. The van der Waals surface area contributed by atoms with E-state index in [0.29, 0.717) is 5.69 Å². The van der Waals surface area contributed by atoms with Gasteiger partial charge in [-0.1, -0.05) is 18.2 Å². The van der Waals surface area contributed by atoms with Gasteiger partial charge in [0, 0.05) is 5.69 Å². The van der Waals surface area contributed by atoms with Crippen LogP contribution in [-0.2, 0) is 0 Å². The largest absolute Gasteiger partial charge is 0.394 e. The van der Waals surface area contributed by atoms with E-state index in [1.807, 2.05) is 30.3 Å². The standard InChI is InChI=1S/C15H17N3O2/c19-10-15(7-4-8-15)17-14(20)13-9-16-11-18(13)12-5-2-1-3-6-12/h1-3,5-6,9,11,19H,4,7-8,10H2,(H,17,20). The van der Waals surface area contributed by atoms with E-state index in [2.05, 4.69) is 10.3 Å². The summed E-state index contributed by atoms with van der Waals surface area (Å²) < 4.78 is 1.75. The van der Waals surface area contributed by atoms with Crippen molar-refractivity contribution in [2.75, 3.05) is 6.61 Å². The molecule has 0 unspecified atom stereocenters. The SMILES string of the molecule is O=C(NC1(CO)CCC1)c1cncn1-c1ccccc1. The van der Waals surface area contributed by atoms with Gasteiger partial charge in [0.1, 0.15) is 5.69 Å². The number of aliphatic hydroxyl groups is 1. The molecule has 1 amide bonds. The van der Waals surface area contributed by atoms with Crippen molar-refractivity contribution in [3.63, 3.8) is 0 Å². The summed E-state index contributed by atoms with van der Waals surface area (Å²) in [5, 5.41) is 12.4. The second kappa shape index (κ2) is 5.09. The predicted octanol–water partition coefficient (Wildman–Crippen LogP) is 1.52. The Labute approximate surface area is 117 Å². The number of amides is 1. The number of carbonyl (C=O) groups is 1. The van der Waals surface area contributed by atoms with Crippen LogP contribution in [0.3, 0.4) is 0 Å². The molecular weight excluding hydrogens is 254 g/mol. The molecule has 5 heteroatoms. The van der Waals surface area contributed by atoms with Gasteiger partial charge < -0.3 is 10.4 Å². The van der Waals surface area contributed by atoms with Crippen molar-refractivity contribution in [2.45, 2.75) is 24.8 Å². The number of benzene rings is 1. The van der Waals surface area contributed by atoms with Crippen molar-refractivity contribution >= 4 is 5.91 Å². The lowest BCUT2D eigenvalue weighted by Crippen LogP contribution is -2.56. The van der Waals surface area contributed by atoms with Crippen LogP contribution < -0.4 is 5.32 Å². The van der Waals surface area contributed by atoms with Gasteiger partial charge >= 0.3 is 0 Å². The fourth-order valence-corrected chi connectivity index (χ4v) is 2.49. The summed E-state index contributed by atoms with van der Waals surface area (Å²) in [5.41, 5.74) is 0.931. The highest BCUT2D eigenvalue weighted by Gasteiger charge is 2.38. The van der Waals surface area contributed by atoms with Crippen LogP contribution in [0.25, 0.3) is 5.69 Å². The third kappa shape index (κ3) is 2.20.